The van der Waals surface area contributed by atoms with Gasteiger partial charge in [0.1, 0.15) is 23.7 Å². The summed E-state index contributed by atoms with van der Waals surface area (Å²) in [5.74, 6) is 1.18. The van der Waals surface area contributed by atoms with Gasteiger partial charge < -0.3 is 13.9 Å². The van der Waals surface area contributed by atoms with Gasteiger partial charge in [-0.1, -0.05) is 30.3 Å². The molecule has 3 rings (SSSR count). The summed E-state index contributed by atoms with van der Waals surface area (Å²) >= 11 is 0. The maximum Gasteiger partial charge on any atom is 0.339 e. The van der Waals surface area contributed by atoms with Crippen LogP contribution in [-0.4, -0.2) is 6.61 Å². The molecule has 0 aliphatic heterocycles. The van der Waals surface area contributed by atoms with Gasteiger partial charge in [-0.15, -0.1) is 0 Å². The van der Waals surface area contributed by atoms with E-state index < -0.39 is 5.63 Å². The molecule has 22 heavy (non-hydrogen) atoms. The Hall–Kier alpha value is -2.75. The summed E-state index contributed by atoms with van der Waals surface area (Å²) in [5.41, 5.74) is 1.10. The highest BCUT2D eigenvalue weighted by Crippen LogP contribution is 2.27. The van der Waals surface area contributed by atoms with Crippen LogP contribution in [0.15, 0.2) is 63.8 Å². The lowest BCUT2D eigenvalue weighted by atomic mass is 10.2. The van der Waals surface area contributed by atoms with Gasteiger partial charge >= 0.3 is 5.63 Å². The standard InChI is InChI=1S/C18H16O4/c1-2-20-16-11-18(19)22-17-10-14(8-9-15(16)17)21-12-13-6-4-3-5-7-13/h3-11H,2,12H2,1H3. The molecular formula is C18H16O4. The predicted molar refractivity (Wildman–Crippen MR) is 84.4 cm³/mol. The molecular weight excluding hydrogens is 280 g/mol. The van der Waals surface area contributed by atoms with Gasteiger partial charge in [-0.3, -0.25) is 0 Å². The van der Waals surface area contributed by atoms with Crippen LogP contribution >= 0.6 is 0 Å². The first-order chi connectivity index (χ1) is 10.8. The van der Waals surface area contributed by atoms with E-state index in [4.69, 9.17) is 13.9 Å². The van der Waals surface area contributed by atoms with Crippen molar-refractivity contribution < 1.29 is 13.9 Å². The largest absolute Gasteiger partial charge is 0.493 e. The topological polar surface area (TPSA) is 48.7 Å². The minimum atomic E-state index is -0.434. The first-order valence-corrected chi connectivity index (χ1v) is 7.13. The first kappa shape index (κ1) is 14.2. The van der Waals surface area contributed by atoms with Crippen LogP contribution in [0.25, 0.3) is 11.0 Å². The number of hydrogen-bond acceptors (Lipinski definition) is 4. The molecule has 1 aromatic heterocycles. The molecule has 0 unspecified atom stereocenters. The Balaban J connectivity index is 1.88. The zero-order valence-corrected chi connectivity index (χ0v) is 12.2. The summed E-state index contributed by atoms with van der Waals surface area (Å²) in [4.78, 5) is 11.6. The van der Waals surface area contributed by atoms with Crippen LogP contribution in [0.4, 0.5) is 0 Å². The summed E-state index contributed by atoms with van der Waals surface area (Å²) in [6, 6.07) is 16.6. The molecule has 0 saturated heterocycles. The Morgan fingerprint density at radius 2 is 1.82 bits per heavy atom. The molecule has 1 heterocycles. The average molecular weight is 296 g/mol. The number of hydrogen-bond donors (Lipinski definition) is 0. The van der Waals surface area contributed by atoms with Crippen LogP contribution in [0.3, 0.4) is 0 Å². The van der Waals surface area contributed by atoms with E-state index in [2.05, 4.69) is 0 Å². The van der Waals surface area contributed by atoms with E-state index in [0.717, 1.165) is 10.9 Å². The zero-order valence-electron chi connectivity index (χ0n) is 12.2. The van der Waals surface area contributed by atoms with Crippen molar-refractivity contribution in [2.24, 2.45) is 0 Å². The first-order valence-electron chi connectivity index (χ1n) is 7.13. The third-order valence-corrected chi connectivity index (χ3v) is 3.23. The maximum absolute atomic E-state index is 11.6. The van der Waals surface area contributed by atoms with Gasteiger partial charge in [0, 0.05) is 6.07 Å². The van der Waals surface area contributed by atoms with Crippen LogP contribution in [0.5, 0.6) is 11.5 Å². The summed E-state index contributed by atoms with van der Waals surface area (Å²) in [5, 5.41) is 0.758. The highest BCUT2D eigenvalue weighted by atomic mass is 16.5. The minimum Gasteiger partial charge on any atom is -0.493 e. The highest BCUT2D eigenvalue weighted by Gasteiger charge is 2.08. The van der Waals surface area contributed by atoms with E-state index in [0.29, 0.717) is 30.3 Å². The second-order valence-corrected chi connectivity index (χ2v) is 4.79. The summed E-state index contributed by atoms with van der Waals surface area (Å²) in [7, 11) is 0. The fourth-order valence-corrected chi connectivity index (χ4v) is 2.22. The molecule has 0 bridgehead atoms. The van der Waals surface area contributed by atoms with Gasteiger partial charge in [-0.2, -0.15) is 0 Å². The number of benzene rings is 2. The van der Waals surface area contributed by atoms with E-state index in [-0.39, 0.29) is 0 Å². The molecule has 0 atom stereocenters. The Morgan fingerprint density at radius 3 is 2.59 bits per heavy atom. The van der Waals surface area contributed by atoms with Crippen LogP contribution in [0, 0.1) is 0 Å². The fourth-order valence-electron chi connectivity index (χ4n) is 2.22. The van der Waals surface area contributed by atoms with E-state index in [1.165, 1.54) is 6.07 Å². The molecule has 3 aromatic rings. The van der Waals surface area contributed by atoms with E-state index in [9.17, 15) is 4.79 Å². The fraction of sp³-hybridized carbons (Fsp3) is 0.167. The second kappa shape index (κ2) is 6.35. The molecule has 0 radical (unpaired) electrons. The third-order valence-electron chi connectivity index (χ3n) is 3.23. The number of ether oxygens (including phenoxy) is 2. The number of fused-ring (bicyclic) bond motifs is 1. The molecule has 0 N–H and O–H groups in total. The molecule has 0 saturated carbocycles. The van der Waals surface area contributed by atoms with Crippen molar-refractivity contribution in [2.45, 2.75) is 13.5 Å². The van der Waals surface area contributed by atoms with Crippen LogP contribution in [0.1, 0.15) is 12.5 Å². The third kappa shape index (κ3) is 3.11. The lowest BCUT2D eigenvalue weighted by molar-refractivity contribution is 0.306. The van der Waals surface area contributed by atoms with Gasteiger partial charge in [-0.05, 0) is 24.6 Å². The molecule has 0 fully saturated rings. The molecule has 0 aliphatic rings. The molecule has 0 aliphatic carbocycles. The van der Waals surface area contributed by atoms with Gasteiger partial charge in [0.2, 0.25) is 0 Å². The van der Waals surface area contributed by atoms with Crippen molar-refractivity contribution in [1.82, 2.24) is 0 Å². The average Bonchev–Trinajstić information content (AvgIpc) is 2.54. The Bertz CT molecular complexity index is 821. The summed E-state index contributed by atoms with van der Waals surface area (Å²) in [6.07, 6.45) is 0. The van der Waals surface area contributed by atoms with Crippen molar-refractivity contribution >= 4 is 11.0 Å². The normalized spacial score (nSPS) is 10.6. The second-order valence-electron chi connectivity index (χ2n) is 4.79. The molecule has 2 aromatic carbocycles. The monoisotopic (exact) mass is 296 g/mol. The maximum atomic E-state index is 11.6. The van der Waals surface area contributed by atoms with Crippen molar-refractivity contribution in [1.29, 1.82) is 0 Å². The Kier molecular flexibility index (Phi) is 4.10. The van der Waals surface area contributed by atoms with E-state index in [1.54, 1.807) is 6.07 Å². The SMILES string of the molecule is CCOc1cc(=O)oc2cc(OCc3ccccc3)ccc12. The van der Waals surface area contributed by atoms with Crippen molar-refractivity contribution in [3.63, 3.8) is 0 Å². The van der Waals surface area contributed by atoms with E-state index >= 15 is 0 Å². The van der Waals surface area contributed by atoms with Crippen LogP contribution in [0.2, 0.25) is 0 Å². The quantitative estimate of drug-likeness (QED) is 0.672. The van der Waals surface area contributed by atoms with Gasteiger partial charge in [0.25, 0.3) is 0 Å². The Labute approximate surface area is 127 Å². The summed E-state index contributed by atoms with van der Waals surface area (Å²) < 4.78 is 16.4. The molecule has 4 nitrogen and oxygen atoms in total. The molecule has 0 spiro atoms. The summed E-state index contributed by atoms with van der Waals surface area (Å²) in [6.45, 7) is 2.82. The van der Waals surface area contributed by atoms with E-state index in [1.807, 2.05) is 49.4 Å². The smallest absolute Gasteiger partial charge is 0.339 e. The van der Waals surface area contributed by atoms with Gasteiger partial charge in [0.05, 0.1) is 18.1 Å². The molecule has 112 valence electrons. The highest BCUT2D eigenvalue weighted by molar-refractivity contribution is 5.84. The lowest BCUT2D eigenvalue weighted by Crippen LogP contribution is -2.01. The van der Waals surface area contributed by atoms with Crippen LogP contribution < -0.4 is 15.1 Å². The van der Waals surface area contributed by atoms with Gasteiger partial charge in [0.15, 0.2) is 0 Å². The van der Waals surface area contributed by atoms with Crippen LogP contribution in [-0.2, 0) is 6.61 Å². The molecule has 4 heteroatoms. The van der Waals surface area contributed by atoms with Crippen molar-refractivity contribution in [2.75, 3.05) is 6.61 Å². The van der Waals surface area contributed by atoms with Crippen molar-refractivity contribution in [3.05, 3.63) is 70.6 Å². The Morgan fingerprint density at radius 1 is 1.00 bits per heavy atom. The molecule has 0 amide bonds. The number of rotatable bonds is 5. The zero-order chi connectivity index (χ0) is 15.4. The predicted octanol–water partition coefficient (Wildman–Crippen LogP) is 3.77. The minimum absolute atomic E-state index is 0.434. The lowest BCUT2D eigenvalue weighted by Gasteiger charge is -2.09. The van der Waals surface area contributed by atoms with Gasteiger partial charge in [-0.25, -0.2) is 4.79 Å². The van der Waals surface area contributed by atoms with Crippen molar-refractivity contribution in [3.8, 4) is 11.5 Å².